The van der Waals surface area contributed by atoms with Crippen LogP contribution < -0.4 is 10.1 Å². The number of amides is 1. The number of benzene rings is 2. The molecule has 130 valence electrons. The molecule has 2 rings (SSSR count). The Hall–Kier alpha value is -2.84. The molecule has 0 aliphatic rings. The number of ether oxygens (including phenoxy) is 1. The van der Waals surface area contributed by atoms with Crippen LogP contribution in [0.4, 0.5) is 0 Å². The molecule has 0 radical (unpaired) electrons. The van der Waals surface area contributed by atoms with Crippen LogP contribution in [0.3, 0.4) is 0 Å². The first-order valence-electron chi connectivity index (χ1n) is 8.18. The first kappa shape index (κ1) is 18.5. The molecule has 1 amide bonds. The van der Waals surface area contributed by atoms with Gasteiger partial charge >= 0.3 is 0 Å². The molecule has 5 heteroatoms. The maximum absolute atomic E-state index is 12.3. The molecule has 3 unspecified atom stereocenters. The second kappa shape index (κ2) is 8.86. The standard InChI is InChI=1S/C20H22N2O3/c1-14(19(23)12-16-7-4-3-5-8-16)22-20(24)15(2)25-18-10-6-9-17(11-18)13-21/h3-11,14-15,19,23H,12H2,1-2H3,(H,22,24). The average Bonchev–Trinajstić information content (AvgIpc) is 2.62. The van der Waals surface area contributed by atoms with E-state index in [1.54, 1.807) is 38.1 Å². The largest absolute Gasteiger partial charge is 0.481 e. The molecule has 0 fully saturated rings. The summed E-state index contributed by atoms with van der Waals surface area (Å²) in [5, 5.41) is 21.9. The van der Waals surface area contributed by atoms with Gasteiger partial charge in [0.2, 0.25) is 0 Å². The first-order chi connectivity index (χ1) is 12.0. The molecule has 0 saturated carbocycles. The van der Waals surface area contributed by atoms with Crippen molar-refractivity contribution < 1.29 is 14.6 Å². The molecule has 0 saturated heterocycles. The summed E-state index contributed by atoms with van der Waals surface area (Å²) in [5.74, 6) is 0.140. The van der Waals surface area contributed by atoms with E-state index in [0.717, 1.165) is 5.56 Å². The number of nitrogens with one attached hydrogen (secondary N) is 1. The van der Waals surface area contributed by atoms with E-state index in [9.17, 15) is 9.90 Å². The van der Waals surface area contributed by atoms with Gasteiger partial charge in [-0.05, 0) is 37.6 Å². The Kier molecular flexibility index (Phi) is 6.55. The molecule has 2 aromatic carbocycles. The Morgan fingerprint density at radius 1 is 1.20 bits per heavy atom. The lowest BCUT2D eigenvalue weighted by Crippen LogP contribution is -2.47. The van der Waals surface area contributed by atoms with Crippen molar-refractivity contribution in [3.63, 3.8) is 0 Å². The predicted octanol–water partition coefficient (Wildman–Crippen LogP) is 2.43. The topological polar surface area (TPSA) is 82.3 Å². The molecule has 2 N–H and O–H groups in total. The number of aliphatic hydroxyl groups excluding tert-OH is 1. The molecule has 0 spiro atoms. The second-order valence-corrected chi connectivity index (χ2v) is 5.95. The second-order valence-electron chi connectivity index (χ2n) is 5.95. The Labute approximate surface area is 147 Å². The highest BCUT2D eigenvalue weighted by Crippen LogP contribution is 2.14. The number of hydrogen-bond donors (Lipinski definition) is 2. The average molecular weight is 338 g/mol. The van der Waals surface area contributed by atoms with E-state index in [-0.39, 0.29) is 5.91 Å². The van der Waals surface area contributed by atoms with Crippen molar-refractivity contribution >= 4 is 5.91 Å². The third-order valence-corrected chi connectivity index (χ3v) is 3.88. The number of carbonyl (C=O) groups excluding carboxylic acids is 1. The van der Waals surface area contributed by atoms with Gasteiger partial charge < -0.3 is 15.2 Å². The van der Waals surface area contributed by atoms with Crippen molar-refractivity contribution in [1.82, 2.24) is 5.32 Å². The fourth-order valence-corrected chi connectivity index (χ4v) is 2.37. The summed E-state index contributed by atoms with van der Waals surface area (Å²) in [7, 11) is 0. The summed E-state index contributed by atoms with van der Waals surface area (Å²) in [6.07, 6.45) is -0.970. The zero-order valence-electron chi connectivity index (χ0n) is 14.3. The van der Waals surface area contributed by atoms with Crippen molar-refractivity contribution in [2.24, 2.45) is 0 Å². The number of nitrogens with zero attached hydrogens (tertiary/aromatic N) is 1. The van der Waals surface area contributed by atoms with Crippen LogP contribution >= 0.6 is 0 Å². The third-order valence-electron chi connectivity index (χ3n) is 3.88. The lowest BCUT2D eigenvalue weighted by molar-refractivity contribution is -0.128. The minimum absolute atomic E-state index is 0.318. The van der Waals surface area contributed by atoms with E-state index >= 15 is 0 Å². The lowest BCUT2D eigenvalue weighted by atomic mass is 10.0. The van der Waals surface area contributed by atoms with Gasteiger partial charge in [0.25, 0.3) is 5.91 Å². The van der Waals surface area contributed by atoms with E-state index in [2.05, 4.69) is 5.32 Å². The number of carbonyl (C=O) groups is 1. The highest BCUT2D eigenvalue weighted by molar-refractivity contribution is 5.81. The van der Waals surface area contributed by atoms with Crippen LogP contribution in [0, 0.1) is 11.3 Å². The van der Waals surface area contributed by atoms with E-state index < -0.39 is 18.2 Å². The van der Waals surface area contributed by atoms with Gasteiger partial charge in [-0.1, -0.05) is 36.4 Å². The monoisotopic (exact) mass is 338 g/mol. The van der Waals surface area contributed by atoms with Gasteiger partial charge in [-0.25, -0.2) is 0 Å². The van der Waals surface area contributed by atoms with Gasteiger partial charge in [-0.2, -0.15) is 5.26 Å². The molecule has 0 aliphatic carbocycles. The molecule has 3 atom stereocenters. The molecule has 25 heavy (non-hydrogen) atoms. The van der Waals surface area contributed by atoms with Gasteiger partial charge in [0, 0.05) is 6.42 Å². The molecular weight excluding hydrogens is 316 g/mol. The van der Waals surface area contributed by atoms with Gasteiger partial charge in [-0.3, -0.25) is 4.79 Å². The maximum Gasteiger partial charge on any atom is 0.261 e. The van der Waals surface area contributed by atoms with Crippen LogP contribution in [0.15, 0.2) is 54.6 Å². The Bertz CT molecular complexity index is 740. The van der Waals surface area contributed by atoms with Crippen LogP contribution in [0.25, 0.3) is 0 Å². The summed E-state index contributed by atoms with van der Waals surface area (Å²) in [5.41, 5.74) is 1.48. The number of nitriles is 1. The number of aliphatic hydroxyl groups is 1. The highest BCUT2D eigenvalue weighted by atomic mass is 16.5. The summed E-state index contributed by atoms with van der Waals surface area (Å²) >= 11 is 0. The third kappa shape index (κ3) is 5.63. The van der Waals surface area contributed by atoms with Crippen LogP contribution in [-0.4, -0.2) is 29.3 Å². The van der Waals surface area contributed by atoms with Crippen LogP contribution in [0.1, 0.15) is 25.0 Å². The maximum atomic E-state index is 12.3. The molecule has 0 aromatic heterocycles. The number of rotatable bonds is 7. The van der Waals surface area contributed by atoms with Crippen LogP contribution in [-0.2, 0) is 11.2 Å². The summed E-state index contributed by atoms with van der Waals surface area (Å²) < 4.78 is 5.57. The molecular formula is C20H22N2O3. The Morgan fingerprint density at radius 3 is 2.60 bits per heavy atom. The van der Waals surface area contributed by atoms with E-state index in [4.69, 9.17) is 10.00 Å². The minimum atomic E-state index is -0.736. The van der Waals surface area contributed by atoms with E-state index in [0.29, 0.717) is 17.7 Å². The van der Waals surface area contributed by atoms with Crippen LogP contribution in [0.2, 0.25) is 0 Å². The summed E-state index contributed by atoms with van der Waals surface area (Å²) in [6.45, 7) is 3.39. The molecule has 0 heterocycles. The van der Waals surface area contributed by atoms with E-state index in [1.165, 1.54) is 0 Å². The molecule has 2 aromatic rings. The molecule has 0 bridgehead atoms. The van der Waals surface area contributed by atoms with Gasteiger partial charge in [0.05, 0.1) is 23.8 Å². The van der Waals surface area contributed by atoms with Crippen molar-refractivity contribution in [3.05, 3.63) is 65.7 Å². The lowest BCUT2D eigenvalue weighted by Gasteiger charge is -2.23. The van der Waals surface area contributed by atoms with Gasteiger partial charge in [-0.15, -0.1) is 0 Å². The van der Waals surface area contributed by atoms with Crippen molar-refractivity contribution in [3.8, 4) is 11.8 Å². The normalized spacial score (nSPS) is 14.0. The van der Waals surface area contributed by atoms with Crippen LogP contribution in [0.5, 0.6) is 5.75 Å². The highest BCUT2D eigenvalue weighted by Gasteiger charge is 2.21. The van der Waals surface area contributed by atoms with Gasteiger partial charge in [0.1, 0.15) is 5.75 Å². The van der Waals surface area contributed by atoms with E-state index in [1.807, 2.05) is 36.4 Å². The fourth-order valence-electron chi connectivity index (χ4n) is 2.37. The quantitative estimate of drug-likeness (QED) is 0.812. The molecule has 0 aliphatic heterocycles. The smallest absolute Gasteiger partial charge is 0.261 e. The van der Waals surface area contributed by atoms with Gasteiger partial charge in [0.15, 0.2) is 6.10 Å². The van der Waals surface area contributed by atoms with Crippen molar-refractivity contribution in [1.29, 1.82) is 5.26 Å². The van der Waals surface area contributed by atoms with Crippen molar-refractivity contribution in [2.75, 3.05) is 0 Å². The zero-order valence-corrected chi connectivity index (χ0v) is 14.3. The minimum Gasteiger partial charge on any atom is -0.481 e. The number of hydrogen-bond acceptors (Lipinski definition) is 4. The molecule has 5 nitrogen and oxygen atoms in total. The van der Waals surface area contributed by atoms with Crippen molar-refractivity contribution in [2.45, 2.75) is 38.5 Å². The Balaban J connectivity index is 1.88. The summed E-state index contributed by atoms with van der Waals surface area (Å²) in [4.78, 5) is 12.3. The SMILES string of the molecule is CC(Oc1cccc(C#N)c1)C(=O)NC(C)C(O)Cc1ccccc1. The fraction of sp³-hybridized carbons (Fsp3) is 0.300. The first-order valence-corrected chi connectivity index (χ1v) is 8.18. The summed E-state index contributed by atoms with van der Waals surface area (Å²) in [6, 6.07) is 17.9. The zero-order chi connectivity index (χ0) is 18.2. The Morgan fingerprint density at radius 2 is 1.92 bits per heavy atom. The predicted molar refractivity (Wildman–Crippen MR) is 95.0 cm³/mol.